The topological polar surface area (TPSA) is 40.6 Å². The number of hydrogen-bond acceptors (Lipinski definition) is 3. The van der Waals surface area contributed by atoms with E-state index in [0.29, 0.717) is 11.8 Å². The summed E-state index contributed by atoms with van der Waals surface area (Å²) in [6, 6.07) is 5.78. The molecule has 1 heterocycles. The molecule has 0 saturated carbocycles. The van der Waals surface area contributed by atoms with Crippen LogP contribution in [0.3, 0.4) is 0 Å². The highest BCUT2D eigenvalue weighted by atomic mass is 16.2. The van der Waals surface area contributed by atoms with Crippen molar-refractivity contribution in [1.29, 1.82) is 0 Å². The van der Waals surface area contributed by atoms with Gasteiger partial charge in [0.15, 0.2) is 5.78 Å². The Hall–Kier alpha value is -1.68. The first-order valence-corrected chi connectivity index (χ1v) is 9.76. The Kier molecular flexibility index (Phi) is 6.99. The summed E-state index contributed by atoms with van der Waals surface area (Å²) in [4.78, 5) is 28.5. The average molecular weight is 359 g/mol. The normalized spacial score (nSPS) is 16.0. The zero-order valence-electron chi connectivity index (χ0n) is 17.1. The van der Waals surface area contributed by atoms with Crippen molar-refractivity contribution in [2.45, 2.75) is 53.9 Å². The lowest BCUT2D eigenvalue weighted by atomic mass is 9.92. The van der Waals surface area contributed by atoms with Crippen LogP contribution in [0.25, 0.3) is 0 Å². The highest BCUT2D eigenvalue weighted by molar-refractivity contribution is 5.94. The predicted octanol–water partition coefficient (Wildman–Crippen LogP) is 3.71. The number of rotatable bonds is 6. The summed E-state index contributed by atoms with van der Waals surface area (Å²) >= 11 is 0. The van der Waals surface area contributed by atoms with Gasteiger partial charge >= 0.3 is 0 Å². The fraction of sp³-hybridized carbons (Fsp3) is 0.636. The number of nitrogens with zero attached hydrogens (tertiary/aromatic N) is 2. The van der Waals surface area contributed by atoms with Gasteiger partial charge in [-0.15, -0.1) is 0 Å². The van der Waals surface area contributed by atoms with Crippen molar-refractivity contribution in [3.63, 3.8) is 0 Å². The molecule has 1 aliphatic rings. The van der Waals surface area contributed by atoms with Crippen LogP contribution in [-0.4, -0.2) is 54.2 Å². The summed E-state index contributed by atoms with van der Waals surface area (Å²) in [7, 11) is 0. The van der Waals surface area contributed by atoms with Crippen LogP contribution >= 0.6 is 0 Å². The molecule has 1 aliphatic heterocycles. The van der Waals surface area contributed by atoms with Crippen molar-refractivity contribution in [3.05, 3.63) is 34.9 Å². The van der Waals surface area contributed by atoms with E-state index < -0.39 is 0 Å². The molecule has 0 aromatic heterocycles. The Bertz CT molecular complexity index is 638. The number of carbonyl (C=O) groups is 2. The number of carbonyl (C=O) groups excluding carboxylic acids is 2. The first kappa shape index (κ1) is 20.6. The number of hydrogen-bond donors (Lipinski definition) is 0. The van der Waals surface area contributed by atoms with Crippen LogP contribution in [0, 0.1) is 12.3 Å². The Balaban J connectivity index is 1.78. The maximum Gasteiger partial charge on any atom is 0.222 e. The molecule has 26 heavy (non-hydrogen) atoms. The SMILES string of the molecule is CC(=O)c1ccc(CCC(=O)N2CCN(CCC(C)(C)C)CC2)c(C)c1. The van der Waals surface area contributed by atoms with Crippen molar-refractivity contribution in [2.75, 3.05) is 32.7 Å². The van der Waals surface area contributed by atoms with Crippen molar-refractivity contribution in [2.24, 2.45) is 5.41 Å². The molecule has 1 aromatic rings. The number of piperazine rings is 1. The van der Waals surface area contributed by atoms with E-state index in [9.17, 15) is 9.59 Å². The standard InChI is InChI=1S/C22H34N2O2/c1-17-16-20(18(2)25)7-6-19(17)8-9-21(26)24-14-12-23(13-15-24)11-10-22(3,4)5/h6-7,16H,8-15H2,1-5H3. The molecule has 0 spiro atoms. The van der Waals surface area contributed by atoms with Crippen LogP contribution in [0.4, 0.5) is 0 Å². The highest BCUT2D eigenvalue weighted by Crippen LogP contribution is 2.19. The van der Waals surface area contributed by atoms with Crippen LogP contribution in [0.2, 0.25) is 0 Å². The highest BCUT2D eigenvalue weighted by Gasteiger charge is 2.22. The molecule has 0 radical (unpaired) electrons. The first-order valence-electron chi connectivity index (χ1n) is 9.76. The Morgan fingerprint density at radius 1 is 1.08 bits per heavy atom. The van der Waals surface area contributed by atoms with Crippen molar-refractivity contribution < 1.29 is 9.59 Å². The second-order valence-corrected chi connectivity index (χ2v) is 8.73. The van der Waals surface area contributed by atoms with E-state index in [4.69, 9.17) is 0 Å². The van der Waals surface area contributed by atoms with Crippen molar-refractivity contribution in [1.82, 2.24) is 9.80 Å². The Morgan fingerprint density at radius 3 is 2.27 bits per heavy atom. The Labute approximate surface area is 158 Å². The maximum atomic E-state index is 12.5. The largest absolute Gasteiger partial charge is 0.340 e. The summed E-state index contributed by atoms with van der Waals surface area (Å²) in [5, 5.41) is 0. The van der Waals surface area contributed by atoms with Gasteiger partial charge in [-0.3, -0.25) is 14.5 Å². The minimum Gasteiger partial charge on any atom is -0.340 e. The molecule has 0 aliphatic carbocycles. The quantitative estimate of drug-likeness (QED) is 0.728. The summed E-state index contributed by atoms with van der Waals surface area (Å²) < 4.78 is 0. The molecule has 2 rings (SSSR count). The third-order valence-electron chi connectivity index (χ3n) is 5.26. The van der Waals surface area contributed by atoms with E-state index in [1.54, 1.807) is 6.92 Å². The van der Waals surface area contributed by atoms with Gasteiger partial charge in [-0.05, 0) is 55.8 Å². The monoisotopic (exact) mass is 358 g/mol. The van der Waals surface area contributed by atoms with E-state index >= 15 is 0 Å². The lowest BCUT2D eigenvalue weighted by Gasteiger charge is -2.36. The summed E-state index contributed by atoms with van der Waals surface area (Å²) in [5.74, 6) is 0.329. The zero-order valence-corrected chi connectivity index (χ0v) is 17.1. The predicted molar refractivity (Wildman–Crippen MR) is 107 cm³/mol. The Morgan fingerprint density at radius 2 is 1.73 bits per heavy atom. The minimum atomic E-state index is 0.0834. The molecule has 0 unspecified atom stereocenters. The molecule has 4 heteroatoms. The molecule has 1 aromatic carbocycles. The van der Waals surface area contributed by atoms with Crippen LogP contribution in [0.15, 0.2) is 18.2 Å². The fourth-order valence-electron chi connectivity index (χ4n) is 3.31. The van der Waals surface area contributed by atoms with E-state index in [-0.39, 0.29) is 11.7 Å². The fourth-order valence-corrected chi connectivity index (χ4v) is 3.31. The molecule has 1 fully saturated rings. The van der Waals surface area contributed by atoms with Crippen molar-refractivity contribution >= 4 is 11.7 Å². The third-order valence-corrected chi connectivity index (χ3v) is 5.26. The first-order chi connectivity index (χ1) is 12.2. The van der Waals surface area contributed by atoms with E-state index in [2.05, 4.69) is 25.7 Å². The number of Topliss-reactive ketones (excluding diaryl/α,β-unsaturated/α-hetero) is 1. The second kappa shape index (κ2) is 8.81. The van der Waals surface area contributed by atoms with Gasteiger partial charge in [0, 0.05) is 38.2 Å². The van der Waals surface area contributed by atoms with Crippen LogP contribution < -0.4 is 0 Å². The van der Waals surface area contributed by atoms with Gasteiger partial charge in [0.05, 0.1) is 0 Å². The summed E-state index contributed by atoms with van der Waals surface area (Å²) in [6.45, 7) is 15.2. The molecule has 4 nitrogen and oxygen atoms in total. The van der Waals surface area contributed by atoms with Gasteiger partial charge in [0.25, 0.3) is 0 Å². The van der Waals surface area contributed by atoms with E-state index in [0.717, 1.165) is 55.8 Å². The molecular weight excluding hydrogens is 324 g/mol. The molecule has 0 N–H and O–H groups in total. The zero-order chi connectivity index (χ0) is 19.3. The van der Waals surface area contributed by atoms with E-state index in [1.807, 2.05) is 30.0 Å². The summed E-state index contributed by atoms with van der Waals surface area (Å²) in [5.41, 5.74) is 3.36. The number of ketones is 1. The lowest BCUT2D eigenvalue weighted by Crippen LogP contribution is -2.49. The van der Waals surface area contributed by atoms with Gasteiger partial charge < -0.3 is 4.90 Å². The summed E-state index contributed by atoms with van der Waals surface area (Å²) in [6.07, 6.45) is 2.48. The number of benzene rings is 1. The van der Waals surface area contributed by atoms with Gasteiger partial charge in [-0.25, -0.2) is 0 Å². The minimum absolute atomic E-state index is 0.0834. The molecular formula is C22H34N2O2. The molecule has 0 bridgehead atoms. The van der Waals surface area contributed by atoms with E-state index in [1.165, 1.54) is 6.42 Å². The van der Waals surface area contributed by atoms with Gasteiger partial charge in [0.1, 0.15) is 0 Å². The number of aryl methyl sites for hydroxylation is 2. The molecule has 144 valence electrons. The van der Waals surface area contributed by atoms with Gasteiger partial charge in [-0.1, -0.05) is 32.9 Å². The second-order valence-electron chi connectivity index (χ2n) is 8.73. The van der Waals surface area contributed by atoms with Crippen LogP contribution in [-0.2, 0) is 11.2 Å². The smallest absolute Gasteiger partial charge is 0.222 e. The van der Waals surface area contributed by atoms with Crippen LogP contribution in [0.5, 0.6) is 0 Å². The maximum absolute atomic E-state index is 12.5. The molecule has 1 amide bonds. The third kappa shape index (κ3) is 6.24. The molecule has 1 saturated heterocycles. The lowest BCUT2D eigenvalue weighted by molar-refractivity contribution is -0.132. The number of amides is 1. The molecule has 0 atom stereocenters. The average Bonchev–Trinajstić information content (AvgIpc) is 2.58. The van der Waals surface area contributed by atoms with Crippen molar-refractivity contribution in [3.8, 4) is 0 Å². The van der Waals surface area contributed by atoms with Crippen LogP contribution in [0.1, 0.15) is 62.0 Å². The van der Waals surface area contributed by atoms with Gasteiger partial charge in [0.2, 0.25) is 5.91 Å². The van der Waals surface area contributed by atoms with Gasteiger partial charge in [-0.2, -0.15) is 0 Å².